The standard InChI is InChI=1S/C17H26N4O.2CH2O2/c1-13-9-15(6-7-18-13)10-19-17(22)20-11-16(12-20)21-8-4-3-5-14(21)2;2*2-1-3/h6-7,9,14,16H,3-5,8,10-12H2,1-2H3,(H,19,22);2*1H,(H,2,3). The average Bonchev–Trinajstić information content (AvgIpc) is 2.62. The van der Waals surface area contributed by atoms with Crippen LogP contribution in [0.2, 0.25) is 0 Å². The third-order valence-electron chi connectivity index (χ3n) is 4.88. The van der Waals surface area contributed by atoms with Crippen LogP contribution in [0.1, 0.15) is 37.4 Å². The molecule has 1 unspecified atom stereocenters. The predicted octanol–water partition coefficient (Wildman–Crippen LogP) is 1.56. The number of aromatic nitrogens is 1. The molecule has 2 saturated heterocycles. The summed E-state index contributed by atoms with van der Waals surface area (Å²) in [6, 6.07) is 5.24. The lowest BCUT2D eigenvalue weighted by molar-refractivity contribution is -0.123. The van der Waals surface area contributed by atoms with E-state index < -0.39 is 0 Å². The quantitative estimate of drug-likeness (QED) is 0.665. The number of hydrogen-bond acceptors (Lipinski definition) is 5. The smallest absolute Gasteiger partial charge is 0.317 e. The zero-order chi connectivity index (χ0) is 20.9. The summed E-state index contributed by atoms with van der Waals surface area (Å²) < 4.78 is 0. The maximum atomic E-state index is 12.2. The summed E-state index contributed by atoms with van der Waals surface area (Å²) in [5.41, 5.74) is 2.08. The van der Waals surface area contributed by atoms with E-state index >= 15 is 0 Å². The second-order valence-electron chi connectivity index (χ2n) is 6.82. The van der Waals surface area contributed by atoms with E-state index in [0.717, 1.165) is 24.3 Å². The number of carbonyl (C=O) groups excluding carboxylic acids is 1. The van der Waals surface area contributed by atoms with Crippen molar-refractivity contribution in [2.24, 2.45) is 0 Å². The van der Waals surface area contributed by atoms with Crippen molar-refractivity contribution in [1.82, 2.24) is 20.1 Å². The fraction of sp³-hybridized carbons (Fsp3) is 0.579. The van der Waals surface area contributed by atoms with Crippen LogP contribution in [-0.2, 0) is 16.1 Å². The van der Waals surface area contributed by atoms with Crippen LogP contribution in [0, 0.1) is 6.92 Å². The van der Waals surface area contributed by atoms with Crippen molar-refractivity contribution in [3.05, 3.63) is 29.6 Å². The Bertz CT molecular complexity index is 616. The molecule has 2 aliphatic heterocycles. The monoisotopic (exact) mass is 394 g/mol. The van der Waals surface area contributed by atoms with Gasteiger partial charge in [-0.2, -0.15) is 0 Å². The Morgan fingerprint density at radius 2 is 1.93 bits per heavy atom. The molecule has 3 N–H and O–H groups in total. The maximum absolute atomic E-state index is 12.2. The summed E-state index contributed by atoms with van der Waals surface area (Å²) >= 11 is 0. The number of carbonyl (C=O) groups is 3. The van der Waals surface area contributed by atoms with Gasteiger partial charge >= 0.3 is 6.03 Å². The number of likely N-dealkylation sites (tertiary alicyclic amines) is 2. The SMILES string of the molecule is Cc1cc(CNC(=O)N2CC(N3CCCCC3C)C2)ccn1.O=CO.O=CO. The molecule has 156 valence electrons. The number of hydrogen-bond donors (Lipinski definition) is 3. The lowest BCUT2D eigenvalue weighted by atomic mass is 9.98. The molecule has 1 aromatic rings. The number of aryl methyl sites for hydroxylation is 1. The van der Waals surface area contributed by atoms with Crippen LogP contribution >= 0.6 is 0 Å². The molecule has 3 heterocycles. The predicted molar refractivity (Wildman–Crippen MR) is 104 cm³/mol. The van der Waals surface area contributed by atoms with Crippen molar-refractivity contribution >= 4 is 19.0 Å². The summed E-state index contributed by atoms with van der Waals surface area (Å²) in [6.45, 7) is 7.27. The first-order chi connectivity index (χ1) is 13.5. The van der Waals surface area contributed by atoms with Gasteiger partial charge in [-0.05, 0) is 50.9 Å². The van der Waals surface area contributed by atoms with Crippen molar-refractivity contribution in [3.63, 3.8) is 0 Å². The van der Waals surface area contributed by atoms with Crippen LogP contribution in [0.25, 0.3) is 0 Å². The van der Waals surface area contributed by atoms with Crippen LogP contribution in [0.5, 0.6) is 0 Å². The number of piperidine rings is 1. The van der Waals surface area contributed by atoms with Gasteiger partial charge in [0, 0.05) is 43.6 Å². The highest BCUT2D eigenvalue weighted by atomic mass is 16.3. The van der Waals surface area contributed by atoms with E-state index in [4.69, 9.17) is 19.8 Å². The molecule has 9 nitrogen and oxygen atoms in total. The van der Waals surface area contributed by atoms with Gasteiger partial charge in [-0.3, -0.25) is 19.5 Å². The van der Waals surface area contributed by atoms with E-state index in [-0.39, 0.29) is 19.0 Å². The summed E-state index contributed by atoms with van der Waals surface area (Å²) in [4.78, 5) is 37.6. The largest absolute Gasteiger partial charge is 0.483 e. The van der Waals surface area contributed by atoms with Crippen LogP contribution in [0.15, 0.2) is 18.3 Å². The average molecular weight is 394 g/mol. The van der Waals surface area contributed by atoms with Crippen molar-refractivity contribution in [2.45, 2.75) is 51.7 Å². The van der Waals surface area contributed by atoms with Crippen molar-refractivity contribution < 1.29 is 24.6 Å². The Kier molecular flexibility index (Phi) is 10.6. The van der Waals surface area contributed by atoms with Gasteiger partial charge in [-0.15, -0.1) is 0 Å². The Labute approximate surface area is 165 Å². The van der Waals surface area contributed by atoms with Gasteiger partial charge in [-0.1, -0.05) is 6.42 Å². The Morgan fingerprint density at radius 1 is 1.29 bits per heavy atom. The van der Waals surface area contributed by atoms with Crippen molar-refractivity contribution in [2.75, 3.05) is 19.6 Å². The number of carboxylic acid groups (broad SMARTS) is 2. The number of urea groups is 1. The molecule has 0 aliphatic carbocycles. The molecular formula is C19H30N4O5. The maximum Gasteiger partial charge on any atom is 0.317 e. The van der Waals surface area contributed by atoms with Crippen LogP contribution < -0.4 is 5.32 Å². The second kappa shape index (κ2) is 12.7. The van der Waals surface area contributed by atoms with Gasteiger partial charge in [0.2, 0.25) is 0 Å². The highest BCUT2D eigenvalue weighted by molar-refractivity contribution is 5.75. The minimum atomic E-state index is -0.250. The minimum absolute atomic E-state index is 0.0513. The first-order valence-electron chi connectivity index (χ1n) is 9.32. The van der Waals surface area contributed by atoms with E-state index in [2.05, 4.69) is 22.1 Å². The molecule has 0 radical (unpaired) electrons. The topological polar surface area (TPSA) is 123 Å². The molecule has 2 aliphatic rings. The van der Waals surface area contributed by atoms with Gasteiger partial charge in [0.15, 0.2) is 0 Å². The molecule has 2 fully saturated rings. The molecule has 1 aromatic heterocycles. The second-order valence-corrected chi connectivity index (χ2v) is 6.82. The molecule has 9 heteroatoms. The van der Waals surface area contributed by atoms with E-state index in [1.54, 1.807) is 6.20 Å². The summed E-state index contributed by atoms with van der Waals surface area (Å²) in [5, 5.41) is 16.8. The number of pyridine rings is 1. The van der Waals surface area contributed by atoms with Crippen LogP contribution in [0.4, 0.5) is 4.79 Å². The van der Waals surface area contributed by atoms with Gasteiger partial charge < -0.3 is 20.4 Å². The molecule has 2 amide bonds. The van der Waals surface area contributed by atoms with Gasteiger partial charge in [0.25, 0.3) is 12.9 Å². The van der Waals surface area contributed by atoms with E-state index in [1.807, 2.05) is 24.0 Å². The van der Waals surface area contributed by atoms with E-state index in [0.29, 0.717) is 18.6 Å². The van der Waals surface area contributed by atoms with Crippen LogP contribution in [0.3, 0.4) is 0 Å². The summed E-state index contributed by atoms with van der Waals surface area (Å²) in [7, 11) is 0. The third-order valence-corrected chi connectivity index (χ3v) is 4.88. The minimum Gasteiger partial charge on any atom is -0.483 e. The zero-order valence-corrected chi connectivity index (χ0v) is 16.5. The Balaban J connectivity index is 0.000000582. The number of nitrogens with zero attached hydrogens (tertiary/aromatic N) is 3. The summed E-state index contributed by atoms with van der Waals surface area (Å²) in [5.74, 6) is 0. The molecule has 0 saturated carbocycles. The molecule has 3 rings (SSSR count). The number of amides is 2. The molecule has 28 heavy (non-hydrogen) atoms. The third kappa shape index (κ3) is 7.51. The van der Waals surface area contributed by atoms with E-state index in [9.17, 15) is 4.79 Å². The molecule has 0 spiro atoms. The molecule has 0 aromatic carbocycles. The van der Waals surface area contributed by atoms with E-state index in [1.165, 1.54) is 25.8 Å². The van der Waals surface area contributed by atoms with Crippen molar-refractivity contribution in [3.8, 4) is 0 Å². The molecular weight excluding hydrogens is 364 g/mol. The number of nitrogens with one attached hydrogen (secondary N) is 1. The highest BCUT2D eigenvalue weighted by Crippen LogP contribution is 2.24. The highest BCUT2D eigenvalue weighted by Gasteiger charge is 2.37. The molecule has 1 atom stereocenters. The normalized spacial score (nSPS) is 19.1. The first-order valence-corrected chi connectivity index (χ1v) is 9.32. The Morgan fingerprint density at radius 3 is 2.50 bits per heavy atom. The van der Waals surface area contributed by atoms with Gasteiger partial charge in [-0.25, -0.2) is 4.79 Å². The van der Waals surface area contributed by atoms with Crippen LogP contribution in [-0.4, -0.2) is 75.7 Å². The van der Waals surface area contributed by atoms with Gasteiger partial charge in [0.1, 0.15) is 0 Å². The molecule has 0 bridgehead atoms. The lowest BCUT2D eigenvalue weighted by Crippen LogP contribution is -2.64. The van der Waals surface area contributed by atoms with Crippen molar-refractivity contribution in [1.29, 1.82) is 0 Å². The number of rotatable bonds is 3. The first kappa shape index (κ1) is 23.4. The van der Waals surface area contributed by atoms with Gasteiger partial charge in [0.05, 0.1) is 0 Å². The lowest BCUT2D eigenvalue weighted by Gasteiger charge is -2.49. The Hall–Kier alpha value is -2.68. The fourth-order valence-electron chi connectivity index (χ4n) is 3.50. The fourth-order valence-corrected chi connectivity index (χ4v) is 3.50. The zero-order valence-electron chi connectivity index (χ0n) is 16.5. The summed E-state index contributed by atoms with van der Waals surface area (Å²) in [6.07, 6.45) is 5.73.